The van der Waals surface area contributed by atoms with Crippen molar-refractivity contribution in [2.24, 2.45) is 0 Å². The number of benzene rings is 1. The van der Waals surface area contributed by atoms with Crippen molar-refractivity contribution >= 4 is 23.4 Å². The number of carbonyl (C=O) groups excluding carboxylic acids is 1. The molecule has 1 N–H and O–H groups in total. The van der Waals surface area contributed by atoms with E-state index in [4.69, 9.17) is 0 Å². The smallest absolute Gasteiger partial charge is 0.254 e. The van der Waals surface area contributed by atoms with Crippen LogP contribution in [0.3, 0.4) is 0 Å². The average molecular weight is 276 g/mol. The van der Waals surface area contributed by atoms with Gasteiger partial charge in [0.2, 0.25) is 0 Å². The van der Waals surface area contributed by atoms with Crippen LogP contribution in [0.2, 0.25) is 0 Å². The van der Waals surface area contributed by atoms with Crippen LogP contribution in [0.5, 0.6) is 0 Å². The van der Waals surface area contributed by atoms with E-state index in [1.807, 2.05) is 35.8 Å². The number of thioether (sulfide) groups is 1. The van der Waals surface area contributed by atoms with E-state index < -0.39 is 0 Å². The summed E-state index contributed by atoms with van der Waals surface area (Å²) in [6, 6.07) is 6.45. The van der Waals surface area contributed by atoms with Gasteiger partial charge in [0.1, 0.15) is 0 Å². The lowest BCUT2D eigenvalue weighted by Crippen LogP contribution is -2.37. The van der Waals surface area contributed by atoms with Gasteiger partial charge in [-0.2, -0.15) is 11.8 Å². The predicted molar refractivity (Wildman–Crippen MR) is 81.1 cm³/mol. The molecule has 1 saturated heterocycles. The SMILES string of the molecule is CN(C(=O)c1cccc2c1CCCN2)C1CCSC1. The van der Waals surface area contributed by atoms with Gasteiger partial charge in [0.05, 0.1) is 0 Å². The van der Waals surface area contributed by atoms with Gasteiger partial charge in [0.15, 0.2) is 0 Å². The zero-order chi connectivity index (χ0) is 13.2. The molecule has 3 rings (SSSR count). The van der Waals surface area contributed by atoms with Gasteiger partial charge in [-0.25, -0.2) is 0 Å². The minimum Gasteiger partial charge on any atom is -0.385 e. The molecule has 1 aromatic carbocycles. The largest absolute Gasteiger partial charge is 0.385 e. The third-order valence-corrected chi connectivity index (χ3v) is 5.24. The fraction of sp³-hybridized carbons (Fsp3) is 0.533. The van der Waals surface area contributed by atoms with Crippen molar-refractivity contribution in [1.82, 2.24) is 4.90 Å². The Hall–Kier alpha value is -1.16. The van der Waals surface area contributed by atoms with Crippen molar-refractivity contribution < 1.29 is 4.79 Å². The summed E-state index contributed by atoms with van der Waals surface area (Å²) in [6.45, 7) is 1.01. The van der Waals surface area contributed by atoms with E-state index >= 15 is 0 Å². The highest BCUT2D eigenvalue weighted by Gasteiger charge is 2.26. The summed E-state index contributed by atoms with van der Waals surface area (Å²) >= 11 is 1.95. The molecule has 0 aromatic heterocycles. The van der Waals surface area contributed by atoms with Crippen LogP contribution in [0, 0.1) is 0 Å². The number of amides is 1. The van der Waals surface area contributed by atoms with Gasteiger partial charge in [-0.1, -0.05) is 6.07 Å². The summed E-state index contributed by atoms with van der Waals surface area (Å²) in [5.74, 6) is 2.44. The third-order valence-electron chi connectivity index (χ3n) is 4.10. The van der Waals surface area contributed by atoms with Gasteiger partial charge in [-0.15, -0.1) is 0 Å². The van der Waals surface area contributed by atoms with E-state index in [1.54, 1.807) is 0 Å². The Morgan fingerprint density at radius 2 is 2.37 bits per heavy atom. The number of nitrogens with one attached hydrogen (secondary N) is 1. The van der Waals surface area contributed by atoms with Crippen LogP contribution >= 0.6 is 11.8 Å². The Morgan fingerprint density at radius 3 is 3.16 bits per heavy atom. The van der Waals surface area contributed by atoms with Crippen LogP contribution in [-0.2, 0) is 6.42 Å². The Balaban J connectivity index is 1.86. The predicted octanol–water partition coefficient (Wildman–Crippen LogP) is 2.62. The summed E-state index contributed by atoms with van der Waals surface area (Å²) in [6.07, 6.45) is 3.25. The summed E-state index contributed by atoms with van der Waals surface area (Å²) < 4.78 is 0. The van der Waals surface area contributed by atoms with Crippen molar-refractivity contribution in [1.29, 1.82) is 0 Å². The summed E-state index contributed by atoms with van der Waals surface area (Å²) in [5, 5.41) is 3.39. The normalized spacial score (nSPS) is 21.6. The highest BCUT2D eigenvalue weighted by molar-refractivity contribution is 7.99. The molecule has 1 fully saturated rings. The van der Waals surface area contributed by atoms with Gasteiger partial charge in [0, 0.05) is 36.6 Å². The maximum Gasteiger partial charge on any atom is 0.254 e. The number of hydrogen-bond donors (Lipinski definition) is 1. The second kappa shape index (κ2) is 5.45. The number of anilines is 1. The molecule has 0 spiro atoms. The lowest BCUT2D eigenvalue weighted by molar-refractivity contribution is 0.0746. The first kappa shape index (κ1) is 12.9. The van der Waals surface area contributed by atoms with Crippen molar-refractivity contribution in [3.63, 3.8) is 0 Å². The molecule has 0 radical (unpaired) electrons. The molecule has 2 heterocycles. The molecular formula is C15H20N2OS. The van der Waals surface area contributed by atoms with Crippen LogP contribution in [-0.4, -0.2) is 41.9 Å². The number of nitrogens with zero attached hydrogens (tertiary/aromatic N) is 1. The Bertz CT molecular complexity index is 483. The van der Waals surface area contributed by atoms with E-state index in [0.717, 1.165) is 42.8 Å². The summed E-state index contributed by atoms with van der Waals surface area (Å²) in [4.78, 5) is 14.6. The maximum atomic E-state index is 12.7. The van der Waals surface area contributed by atoms with E-state index in [9.17, 15) is 4.79 Å². The minimum atomic E-state index is 0.188. The van der Waals surface area contributed by atoms with E-state index in [2.05, 4.69) is 11.4 Å². The molecule has 19 heavy (non-hydrogen) atoms. The first-order valence-electron chi connectivity index (χ1n) is 6.98. The van der Waals surface area contributed by atoms with E-state index in [1.165, 1.54) is 11.3 Å². The molecule has 1 aromatic rings. The Labute approximate surface area is 118 Å². The maximum absolute atomic E-state index is 12.7. The molecule has 0 aliphatic carbocycles. The van der Waals surface area contributed by atoms with Crippen LogP contribution in [0.1, 0.15) is 28.8 Å². The highest BCUT2D eigenvalue weighted by atomic mass is 32.2. The second-order valence-electron chi connectivity index (χ2n) is 5.30. The topological polar surface area (TPSA) is 32.3 Å². The molecule has 3 nitrogen and oxygen atoms in total. The van der Waals surface area contributed by atoms with Crippen LogP contribution in [0.25, 0.3) is 0 Å². The van der Waals surface area contributed by atoms with Gasteiger partial charge in [-0.05, 0) is 42.7 Å². The standard InChI is InChI=1S/C15H20N2OS/c1-17(11-7-9-19-10-11)15(18)13-4-2-6-14-12(13)5-3-8-16-14/h2,4,6,11,16H,3,5,7-10H2,1H3. The second-order valence-corrected chi connectivity index (χ2v) is 6.45. The lowest BCUT2D eigenvalue weighted by Gasteiger charge is -2.27. The van der Waals surface area contributed by atoms with Crippen molar-refractivity contribution in [3.05, 3.63) is 29.3 Å². The fourth-order valence-corrected chi connectivity index (χ4v) is 4.16. The lowest BCUT2D eigenvalue weighted by atomic mass is 9.96. The number of carbonyl (C=O) groups is 1. The van der Waals surface area contributed by atoms with Crippen molar-refractivity contribution in [2.75, 3.05) is 30.4 Å². The van der Waals surface area contributed by atoms with Gasteiger partial charge < -0.3 is 10.2 Å². The van der Waals surface area contributed by atoms with Gasteiger partial charge in [-0.3, -0.25) is 4.79 Å². The van der Waals surface area contributed by atoms with Crippen LogP contribution in [0.4, 0.5) is 5.69 Å². The van der Waals surface area contributed by atoms with Crippen molar-refractivity contribution in [3.8, 4) is 0 Å². The van der Waals surface area contributed by atoms with Crippen molar-refractivity contribution in [2.45, 2.75) is 25.3 Å². The zero-order valence-corrected chi connectivity index (χ0v) is 12.1. The minimum absolute atomic E-state index is 0.188. The van der Waals surface area contributed by atoms with Gasteiger partial charge >= 0.3 is 0 Å². The first-order chi connectivity index (χ1) is 9.27. The molecular weight excluding hydrogens is 256 g/mol. The molecule has 1 unspecified atom stereocenters. The zero-order valence-electron chi connectivity index (χ0n) is 11.3. The van der Waals surface area contributed by atoms with Gasteiger partial charge in [0.25, 0.3) is 5.91 Å². The highest BCUT2D eigenvalue weighted by Crippen LogP contribution is 2.28. The van der Waals surface area contributed by atoms with Crippen LogP contribution in [0.15, 0.2) is 18.2 Å². The fourth-order valence-electron chi connectivity index (χ4n) is 2.89. The molecule has 1 amide bonds. The monoisotopic (exact) mass is 276 g/mol. The molecule has 102 valence electrons. The molecule has 2 aliphatic rings. The third kappa shape index (κ3) is 2.46. The van der Waals surface area contributed by atoms with Crippen LogP contribution < -0.4 is 5.32 Å². The number of hydrogen-bond acceptors (Lipinski definition) is 3. The van der Waals surface area contributed by atoms with E-state index in [-0.39, 0.29) is 5.91 Å². The molecule has 0 bridgehead atoms. The Morgan fingerprint density at radius 1 is 1.47 bits per heavy atom. The summed E-state index contributed by atoms with van der Waals surface area (Å²) in [5.41, 5.74) is 3.24. The molecule has 4 heteroatoms. The first-order valence-corrected chi connectivity index (χ1v) is 8.13. The quantitative estimate of drug-likeness (QED) is 0.901. The number of fused-ring (bicyclic) bond motifs is 1. The summed E-state index contributed by atoms with van der Waals surface area (Å²) in [7, 11) is 1.95. The molecule has 0 saturated carbocycles. The molecule has 1 atom stereocenters. The Kier molecular flexibility index (Phi) is 3.69. The van der Waals surface area contributed by atoms with E-state index in [0.29, 0.717) is 6.04 Å². The molecule has 2 aliphatic heterocycles. The average Bonchev–Trinajstić information content (AvgIpc) is 2.99. The number of rotatable bonds is 2.